The van der Waals surface area contributed by atoms with Gasteiger partial charge in [0.25, 0.3) is 5.91 Å². The molecular weight excluding hydrogens is 262 g/mol. The molecule has 0 saturated heterocycles. The average molecular weight is 275 g/mol. The molecule has 1 aromatic heterocycles. The fraction of sp³-hybridized carbons (Fsp3) is 0.0588. The maximum Gasteiger partial charge on any atom is 0.272 e. The number of carbonyl (C=O) groups excluding carboxylic acids is 1. The summed E-state index contributed by atoms with van der Waals surface area (Å²) in [5, 5.41) is 12.8. The number of carbonyl (C=O) groups is 1. The van der Waals surface area contributed by atoms with Crippen molar-refractivity contribution in [3.8, 4) is 6.07 Å². The highest BCUT2D eigenvalue weighted by molar-refractivity contribution is 6.06. The van der Waals surface area contributed by atoms with Crippen molar-refractivity contribution < 1.29 is 4.79 Å². The Morgan fingerprint density at radius 1 is 1.19 bits per heavy atom. The van der Waals surface area contributed by atoms with E-state index in [0.717, 1.165) is 16.5 Å². The van der Waals surface area contributed by atoms with Crippen LogP contribution in [0.1, 0.15) is 21.6 Å². The van der Waals surface area contributed by atoms with Crippen LogP contribution in [-0.2, 0) is 0 Å². The minimum absolute atomic E-state index is 0.218. The highest BCUT2D eigenvalue weighted by Crippen LogP contribution is 2.19. The molecule has 1 amide bonds. The summed E-state index contributed by atoms with van der Waals surface area (Å²) >= 11 is 0. The van der Waals surface area contributed by atoms with Gasteiger partial charge < -0.3 is 10.3 Å². The molecule has 0 unspecified atom stereocenters. The lowest BCUT2D eigenvalue weighted by molar-refractivity contribution is 0.102. The third-order valence-corrected chi connectivity index (χ3v) is 3.39. The summed E-state index contributed by atoms with van der Waals surface area (Å²) in [6.07, 6.45) is 0. The van der Waals surface area contributed by atoms with E-state index in [0.29, 0.717) is 16.9 Å². The summed E-state index contributed by atoms with van der Waals surface area (Å²) in [7, 11) is 0. The Hall–Kier alpha value is -3.06. The molecule has 0 aliphatic rings. The van der Waals surface area contributed by atoms with Crippen LogP contribution in [0.4, 0.5) is 5.69 Å². The normalized spacial score (nSPS) is 10.3. The Kier molecular flexibility index (Phi) is 3.17. The van der Waals surface area contributed by atoms with E-state index in [1.807, 2.05) is 43.3 Å². The van der Waals surface area contributed by atoms with Gasteiger partial charge in [-0.1, -0.05) is 24.3 Å². The van der Waals surface area contributed by atoms with E-state index in [9.17, 15) is 4.79 Å². The smallest absolute Gasteiger partial charge is 0.272 e. The second-order valence-corrected chi connectivity index (χ2v) is 4.87. The van der Waals surface area contributed by atoms with Crippen molar-refractivity contribution in [2.24, 2.45) is 0 Å². The molecule has 2 aromatic carbocycles. The molecule has 0 fully saturated rings. The molecule has 0 radical (unpaired) electrons. The molecule has 4 nitrogen and oxygen atoms in total. The zero-order chi connectivity index (χ0) is 14.8. The molecule has 2 N–H and O–H groups in total. The van der Waals surface area contributed by atoms with Crippen LogP contribution in [0.5, 0.6) is 0 Å². The number of hydrogen-bond donors (Lipinski definition) is 2. The van der Waals surface area contributed by atoms with Gasteiger partial charge in [0.1, 0.15) is 5.69 Å². The number of H-pyrrole nitrogens is 1. The van der Waals surface area contributed by atoms with Crippen molar-refractivity contribution in [2.45, 2.75) is 6.92 Å². The fourth-order valence-corrected chi connectivity index (χ4v) is 2.21. The minimum Gasteiger partial charge on any atom is -0.351 e. The van der Waals surface area contributed by atoms with E-state index in [2.05, 4.69) is 16.4 Å². The number of anilines is 1. The van der Waals surface area contributed by atoms with Crippen LogP contribution in [0.2, 0.25) is 0 Å². The van der Waals surface area contributed by atoms with Gasteiger partial charge in [0, 0.05) is 16.6 Å². The molecule has 1 heterocycles. The first-order valence-corrected chi connectivity index (χ1v) is 6.57. The number of nitrogens with one attached hydrogen (secondary N) is 2. The van der Waals surface area contributed by atoms with E-state index in [4.69, 9.17) is 5.26 Å². The summed E-state index contributed by atoms with van der Waals surface area (Å²) in [5.41, 5.74) is 3.51. The van der Waals surface area contributed by atoms with Crippen molar-refractivity contribution in [3.05, 3.63) is 65.4 Å². The van der Waals surface area contributed by atoms with E-state index in [1.54, 1.807) is 12.1 Å². The summed E-state index contributed by atoms with van der Waals surface area (Å²) < 4.78 is 0. The molecule has 0 aliphatic carbocycles. The van der Waals surface area contributed by atoms with Gasteiger partial charge in [0.15, 0.2) is 0 Å². The third-order valence-electron chi connectivity index (χ3n) is 3.39. The standard InChI is InChI=1S/C17H13N3O/c1-11-6-7-12(10-18)8-15(11)20-17(21)16-9-13-4-2-3-5-14(13)19-16/h2-9,19H,1H3,(H,20,21). The quantitative estimate of drug-likeness (QED) is 0.750. The van der Waals surface area contributed by atoms with Gasteiger partial charge in [-0.25, -0.2) is 0 Å². The van der Waals surface area contributed by atoms with Crippen LogP contribution < -0.4 is 5.32 Å². The fourth-order valence-electron chi connectivity index (χ4n) is 2.21. The lowest BCUT2D eigenvalue weighted by Gasteiger charge is -2.07. The number of aromatic nitrogens is 1. The first kappa shape index (κ1) is 12.9. The molecule has 0 saturated carbocycles. The van der Waals surface area contributed by atoms with Crippen molar-refractivity contribution in [1.82, 2.24) is 4.98 Å². The molecule has 3 aromatic rings. The highest BCUT2D eigenvalue weighted by atomic mass is 16.1. The maximum atomic E-state index is 12.3. The first-order chi connectivity index (χ1) is 10.2. The Labute approximate surface area is 122 Å². The number of rotatable bonds is 2. The summed E-state index contributed by atoms with van der Waals surface area (Å²) in [6, 6.07) is 16.8. The number of benzene rings is 2. The number of aromatic amines is 1. The predicted molar refractivity (Wildman–Crippen MR) is 82.1 cm³/mol. The molecule has 0 aliphatic heterocycles. The monoisotopic (exact) mass is 275 g/mol. The topological polar surface area (TPSA) is 68.7 Å². The van der Waals surface area contributed by atoms with Crippen LogP contribution >= 0.6 is 0 Å². The number of nitriles is 1. The first-order valence-electron chi connectivity index (χ1n) is 6.57. The number of amides is 1. The van der Waals surface area contributed by atoms with Crippen LogP contribution in [0.25, 0.3) is 10.9 Å². The summed E-state index contributed by atoms with van der Waals surface area (Å²) in [5.74, 6) is -0.218. The summed E-state index contributed by atoms with van der Waals surface area (Å²) in [4.78, 5) is 15.4. The van der Waals surface area contributed by atoms with E-state index < -0.39 is 0 Å². The number of aryl methyl sites for hydroxylation is 1. The van der Waals surface area contributed by atoms with E-state index >= 15 is 0 Å². The zero-order valence-corrected chi connectivity index (χ0v) is 11.5. The van der Waals surface area contributed by atoms with Crippen molar-refractivity contribution in [1.29, 1.82) is 5.26 Å². The molecular formula is C17H13N3O. The lowest BCUT2D eigenvalue weighted by atomic mass is 10.1. The van der Waals surface area contributed by atoms with Crippen LogP contribution in [0, 0.1) is 18.3 Å². The second kappa shape index (κ2) is 5.14. The van der Waals surface area contributed by atoms with E-state index in [-0.39, 0.29) is 5.91 Å². The van der Waals surface area contributed by atoms with Crippen molar-refractivity contribution in [2.75, 3.05) is 5.32 Å². The Morgan fingerprint density at radius 2 is 2.00 bits per heavy atom. The maximum absolute atomic E-state index is 12.3. The van der Waals surface area contributed by atoms with Gasteiger partial charge in [-0.15, -0.1) is 0 Å². The van der Waals surface area contributed by atoms with Crippen LogP contribution in [0.3, 0.4) is 0 Å². The molecule has 0 spiro atoms. The van der Waals surface area contributed by atoms with Crippen LogP contribution in [-0.4, -0.2) is 10.9 Å². The summed E-state index contributed by atoms with van der Waals surface area (Å²) in [6.45, 7) is 1.89. The Morgan fingerprint density at radius 3 is 2.76 bits per heavy atom. The number of para-hydroxylation sites is 1. The van der Waals surface area contributed by atoms with Gasteiger partial charge in [-0.2, -0.15) is 5.26 Å². The minimum atomic E-state index is -0.218. The van der Waals surface area contributed by atoms with Gasteiger partial charge in [0.05, 0.1) is 11.6 Å². The van der Waals surface area contributed by atoms with Crippen LogP contribution in [0.15, 0.2) is 48.5 Å². The molecule has 0 bridgehead atoms. The SMILES string of the molecule is Cc1ccc(C#N)cc1NC(=O)c1cc2ccccc2[nH]1. The Balaban J connectivity index is 1.91. The molecule has 21 heavy (non-hydrogen) atoms. The largest absolute Gasteiger partial charge is 0.351 e. The predicted octanol–water partition coefficient (Wildman–Crippen LogP) is 3.60. The van der Waals surface area contributed by atoms with Gasteiger partial charge >= 0.3 is 0 Å². The van der Waals surface area contributed by atoms with Crippen molar-refractivity contribution in [3.63, 3.8) is 0 Å². The van der Waals surface area contributed by atoms with E-state index in [1.165, 1.54) is 0 Å². The molecule has 0 atom stereocenters. The number of nitrogens with zero attached hydrogens (tertiary/aromatic N) is 1. The third kappa shape index (κ3) is 2.49. The number of fused-ring (bicyclic) bond motifs is 1. The average Bonchev–Trinajstić information content (AvgIpc) is 2.93. The Bertz CT molecular complexity index is 838. The molecule has 102 valence electrons. The zero-order valence-electron chi connectivity index (χ0n) is 11.5. The lowest BCUT2D eigenvalue weighted by Crippen LogP contribution is -2.13. The van der Waals surface area contributed by atoms with Gasteiger partial charge in [-0.05, 0) is 36.8 Å². The molecule has 4 heteroatoms. The van der Waals surface area contributed by atoms with Gasteiger partial charge in [0.2, 0.25) is 0 Å². The molecule has 3 rings (SSSR count). The number of hydrogen-bond acceptors (Lipinski definition) is 2. The van der Waals surface area contributed by atoms with Gasteiger partial charge in [-0.3, -0.25) is 4.79 Å². The van der Waals surface area contributed by atoms with Crippen molar-refractivity contribution >= 4 is 22.5 Å². The highest BCUT2D eigenvalue weighted by Gasteiger charge is 2.11. The second-order valence-electron chi connectivity index (χ2n) is 4.87.